The molecule has 0 bridgehead atoms. The Morgan fingerprint density at radius 3 is 2.79 bits per heavy atom. The van der Waals surface area contributed by atoms with E-state index in [1.54, 1.807) is 18.4 Å². The second-order valence-electron chi connectivity index (χ2n) is 4.61. The lowest BCUT2D eigenvalue weighted by Crippen LogP contribution is -2.18. The van der Waals surface area contributed by atoms with E-state index in [1.807, 2.05) is 18.0 Å². The molecular formula is C13H18N4OS. The minimum atomic E-state index is 0.475. The monoisotopic (exact) mass is 278 g/mol. The van der Waals surface area contributed by atoms with Crippen molar-refractivity contribution in [2.24, 2.45) is 0 Å². The van der Waals surface area contributed by atoms with Crippen LogP contribution in [0.2, 0.25) is 0 Å². The summed E-state index contributed by atoms with van der Waals surface area (Å²) in [5, 5.41) is 3.27. The van der Waals surface area contributed by atoms with Gasteiger partial charge in [0.1, 0.15) is 12.1 Å². The molecule has 0 saturated carbocycles. The highest BCUT2D eigenvalue weighted by molar-refractivity contribution is 7.09. The van der Waals surface area contributed by atoms with Gasteiger partial charge in [-0.25, -0.2) is 15.0 Å². The fourth-order valence-corrected chi connectivity index (χ4v) is 2.46. The third-order valence-electron chi connectivity index (χ3n) is 2.69. The highest BCUT2D eigenvalue weighted by atomic mass is 32.1. The van der Waals surface area contributed by atoms with Crippen molar-refractivity contribution in [3.8, 4) is 5.88 Å². The van der Waals surface area contributed by atoms with Crippen LogP contribution in [0.1, 0.15) is 30.5 Å². The number of thiazole rings is 1. The molecule has 6 heteroatoms. The summed E-state index contributed by atoms with van der Waals surface area (Å²) >= 11 is 1.71. The molecule has 19 heavy (non-hydrogen) atoms. The number of aromatic nitrogens is 3. The molecule has 0 amide bonds. The summed E-state index contributed by atoms with van der Waals surface area (Å²) in [5.41, 5.74) is 1.06. The first-order valence-corrected chi connectivity index (χ1v) is 6.99. The van der Waals surface area contributed by atoms with Gasteiger partial charge in [0.25, 0.3) is 0 Å². The van der Waals surface area contributed by atoms with Gasteiger partial charge in [-0.05, 0) is 0 Å². The third-order valence-corrected chi connectivity index (χ3v) is 3.88. The number of methoxy groups -OCH3 is 1. The standard InChI is InChI=1S/C13H18N4OS/c1-9(2)13-16-10(7-19-13)6-17(3)11-5-12(18-4)15-8-14-11/h5,7-9H,6H2,1-4H3. The summed E-state index contributed by atoms with van der Waals surface area (Å²) < 4.78 is 5.10. The normalized spacial score (nSPS) is 10.8. The van der Waals surface area contributed by atoms with Crippen LogP contribution in [0.25, 0.3) is 0 Å². The van der Waals surface area contributed by atoms with Crippen LogP contribution in [0.5, 0.6) is 5.88 Å². The molecule has 0 aliphatic carbocycles. The van der Waals surface area contributed by atoms with E-state index in [4.69, 9.17) is 4.74 Å². The molecule has 0 fully saturated rings. The first-order valence-electron chi connectivity index (χ1n) is 6.11. The Bertz CT molecular complexity index is 541. The average molecular weight is 278 g/mol. The highest BCUT2D eigenvalue weighted by Crippen LogP contribution is 2.21. The predicted molar refractivity (Wildman–Crippen MR) is 76.9 cm³/mol. The van der Waals surface area contributed by atoms with Crippen LogP contribution in [0.4, 0.5) is 5.82 Å². The molecule has 5 nitrogen and oxygen atoms in total. The zero-order valence-corrected chi connectivity index (χ0v) is 12.4. The Morgan fingerprint density at radius 1 is 1.37 bits per heavy atom. The molecule has 2 aromatic rings. The summed E-state index contributed by atoms with van der Waals surface area (Å²) in [6.45, 7) is 5.03. The van der Waals surface area contributed by atoms with Crippen molar-refractivity contribution in [2.75, 3.05) is 19.1 Å². The van der Waals surface area contributed by atoms with E-state index in [0.717, 1.165) is 18.1 Å². The van der Waals surface area contributed by atoms with Crippen LogP contribution in [0.15, 0.2) is 17.8 Å². The van der Waals surface area contributed by atoms with Gasteiger partial charge in [0, 0.05) is 24.4 Å². The van der Waals surface area contributed by atoms with Crippen molar-refractivity contribution < 1.29 is 4.74 Å². The van der Waals surface area contributed by atoms with Gasteiger partial charge in [0.05, 0.1) is 24.4 Å². The fraction of sp³-hybridized carbons (Fsp3) is 0.462. The Hall–Kier alpha value is -1.69. The van der Waals surface area contributed by atoms with Crippen molar-refractivity contribution in [1.29, 1.82) is 0 Å². The van der Waals surface area contributed by atoms with Crippen molar-refractivity contribution in [2.45, 2.75) is 26.3 Å². The lowest BCUT2D eigenvalue weighted by Gasteiger charge is -2.16. The SMILES string of the molecule is COc1cc(N(C)Cc2csc(C(C)C)n2)ncn1. The van der Waals surface area contributed by atoms with E-state index in [1.165, 1.54) is 11.3 Å². The molecular weight excluding hydrogens is 260 g/mol. The molecule has 0 unspecified atom stereocenters. The molecule has 0 aromatic carbocycles. The van der Waals surface area contributed by atoms with Gasteiger partial charge in [0.2, 0.25) is 5.88 Å². The van der Waals surface area contributed by atoms with Gasteiger partial charge in [-0.15, -0.1) is 11.3 Å². The molecule has 0 aliphatic heterocycles. The number of ether oxygens (including phenoxy) is 1. The summed E-state index contributed by atoms with van der Waals surface area (Å²) in [7, 11) is 3.58. The average Bonchev–Trinajstić information content (AvgIpc) is 2.87. The van der Waals surface area contributed by atoms with Crippen LogP contribution in [-0.4, -0.2) is 29.1 Å². The Kier molecular flexibility index (Phi) is 4.31. The number of hydrogen-bond acceptors (Lipinski definition) is 6. The topological polar surface area (TPSA) is 51.1 Å². The van der Waals surface area contributed by atoms with Crippen LogP contribution >= 0.6 is 11.3 Å². The van der Waals surface area contributed by atoms with Gasteiger partial charge in [0.15, 0.2) is 0 Å². The molecule has 0 radical (unpaired) electrons. The molecule has 2 heterocycles. The van der Waals surface area contributed by atoms with Gasteiger partial charge < -0.3 is 9.64 Å². The molecule has 2 rings (SSSR count). The maximum Gasteiger partial charge on any atom is 0.218 e. The number of anilines is 1. The van der Waals surface area contributed by atoms with Crippen molar-refractivity contribution in [3.63, 3.8) is 0 Å². The Balaban J connectivity index is 2.08. The number of hydrogen-bond donors (Lipinski definition) is 0. The van der Waals surface area contributed by atoms with E-state index in [2.05, 4.69) is 34.2 Å². The van der Waals surface area contributed by atoms with Crippen molar-refractivity contribution in [3.05, 3.63) is 28.5 Å². The predicted octanol–water partition coefficient (Wildman–Crippen LogP) is 2.70. The summed E-state index contributed by atoms with van der Waals surface area (Å²) in [5.74, 6) is 1.87. The molecule has 102 valence electrons. The zero-order chi connectivity index (χ0) is 13.8. The van der Waals surface area contributed by atoms with E-state index in [9.17, 15) is 0 Å². The lowest BCUT2D eigenvalue weighted by atomic mass is 10.2. The largest absolute Gasteiger partial charge is 0.481 e. The molecule has 0 atom stereocenters. The lowest BCUT2D eigenvalue weighted by molar-refractivity contribution is 0.397. The van der Waals surface area contributed by atoms with E-state index in [0.29, 0.717) is 11.8 Å². The first-order chi connectivity index (χ1) is 9.10. The van der Waals surface area contributed by atoms with Crippen LogP contribution in [0, 0.1) is 0 Å². The van der Waals surface area contributed by atoms with Crippen LogP contribution in [0.3, 0.4) is 0 Å². The summed E-state index contributed by atoms with van der Waals surface area (Å²) in [4.78, 5) is 14.9. The zero-order valence-electron chi connectivity index (χ0n) is 11.6. The summed E-state index contributed by atoms with van der Waals surface area (Å²) in [6.07, 6.45) is 1.51. The maximum absolute atomic E-state index is 5.10. The first kappa shape index (κ1) is 13.7. The molecule has 0 aliphatic rings. The minimum Gasteiger partial charge on any atom is -0.481 e. The van der Waals surface area contributed by atoms with Gasteiger partial charge in [-0.2, -0.15) is 0 Å². The third kappa shape index (κ3) is 3.41. The van der Waals surface area contributed by atoms with Gasteiger partial charge >= 0.3 is 0 Å². The van der Waals surface area contributed by atoms with E-state index >= 15 is 0 Å². The van der Waals surface area contributed by atoms with Crippen molar-refractivity contribution >= 4 is 17.2 Å². The van der Waals surface area contributed by atoms with E-state index in [-0.39, 0.29) is 0 Å². The van der Waals surface area contributed by atoms with Gasteiger partial charge in [-0.1, -0.05) is 13.8 Å². The summed E-state index contributed by atoms with van der Waals surface area (Å²) in [6, 6.07) is 1.82. The quantitative estimate of drug-likeness (QED) is 0.841. The Morgan fingerprint density at radius 2 is 2.16 bits per heavy atom. The van der Waals surface area contributed by atoms with Gasteiger partial charge in [-0.3, -0.25) is 0 Å². The highest BCUT2D eigenvalue weighted by Gasteiger charge is 2.10. The smallest absolute Gasteiger partial charge is 0.218 e. The van der Waals surface area contributed by atoms with Crippen LogP contribution in [-0.2, 0) is 6.54 Å². The van der Waals surface area contributed by atoms with E-state index < -0.39 is 0 Å². The number of rotatable bonds is 5. The van der Waals surface area contributed by atoms with Crippen molar-refractivity contribution in [1.82, 2.24) is 15.0 Å². The fourth-order valence-electron chi connectivity index (χ4n) is 1.63. The molecule has 0 N–H and O–H groups in total. The minimum absolute atomic E-state index is 0.475. The molecule has 2 aromatic heterocycles. The molecule has 0 saturated heterocycles. The Labute approximate surface area is 117 Å². The second kappa shape index (κ2) is 5.97. The van der Waals surface area contributed by atoms with Crippen LogP contribution < -0.4 is 9.64 Å². The second-order valence-corrected chi connectivity index (χ2v) is 5.50. The molecule has 0 spiro atoms. The maximum atomic E-state index is 5.10. The number of nitrogens with zero attached hydrogens (tertiary/aromatic N) is 4.